The lowest BCUT2D eigenvalue weighted by Gasteiger charge is -2.51. The van der Waals surface area contributed by atoms with E-state index in [1.807, 2.05) is 37.3 Å². The van der Waals surface area contributed by atoms with E-state index < -0.39 is 0 Å². The van der Waals surface area contributed by atoms with Crippen LogP contribution in [0.5, 0.6) is 0 Å². The molecule has 4 atom stereocenters. The molecule has 22 heavy (non-hydrogen) atoms. The number of Topliss-reactive ketones (excluding diaryl/α,β-unsaturated/α-hetero) is 1. The van der Waals surface area contributed by atoms with Crippen LogP contribution >= 0.6 is 11.6 Å². The molecule has 0 amide bonds. The van der Waals surface area contributed by atoms with Gasteiger partial charge in [-0.15, -0.1) is 0 Å². The SMILES string of the molecule is CC1C(=O)C(=Cc2ccc(Cl)cc2)C[C@@]2(C)C1CCC[C@@H]2O. The van der Waals surface area contributed by atoms with Gasteiger partial charge < -0.3 is 5.11 Å². The van der Waals surface area contributed by atoms with Crippen LogP contribution < -0.4 is 0 Å². The number of aliphatic hydroxyl groups excluding tert-OH is 1. The van der Waals surface area contributed by atoms with Crippen molar-refractivity contribution in [2.75, 3.05) is 0 Å². The monoisotopic (exact) mass is 318 g/mol. The molecule has 0 radical (unpaired) electrons. The Morgan fingerprint density at radius 3 is 2.64 bits per heavy atom. The van der Waals surface area contributed by atoms with Crippen LogP contribution in [0.4, 0.5) is 0 Å². The number of halogens is 1. The Morgan fingerprint density at radius 1 is 1.27 bits per heavy atom. The first-order chi connectivity index (χ1) is 10.4. The molecule has 0 heterocycles. The molecule has 0 aliphatic heterocycles. The molecule has 2 saturated carbocycles. The summed E-state index contributed by atoms with van der Waals surface area (Å²) in [6, 6.07) is 7.54. The molecule has 0 aromatic heterocycles. The number of ketones is 1. The van der Waals surface area contributed by atoms with E-state index in [0.29, 0.717) is 17.4 Å². The van der Waals surface area contributed by atoms with Gasteiger partial charge in [-0.1, -0.05) is 44.0 Å². The summed E-state index contributed by atoms with van der Waals surface area (Å²) >= 11 is 5.92. The summed E-state index contributed by atoms with van der Waals surface area (Å²) in [7, 11) is 0. The van der Waals surface area contributed by atoms with Crippen LogP contribution in [0.25, 0.3) is 6.08 Å². The highest BCUT2D eigenvalue weighted by Crippen LogP contribution is 2.53. The standard InChI is InChI=1S/C19H23ClO2/c1-12-16-4-3-5-17(21)19(16,2)11-14(18(12)22)10-13-6-8-15(20)9-7-13/h6-10,12,16-17,21H,3-5,11H2,1-2H3/t12?,16?,17-,19-/m0/s1. The van der Waals surface area contributed by atoms with Crippen molar-refractivity contribution in [3.63, 3.8) is 0 Å². The maximum Gasteiger partial charge on any atom is 0.161 e. The van der Waals surface area contributed by atoms with E-state index in [1.54, 1.807) is 0 Å². The van der Waals surface area contributed by atoms with Crippen molar-refractivity contribution in [3.05, 3.63) is 40.4 Å². The van der Waals surface area contributed by atoms with Crippen molar-refractivity contribution in [2.45, 2.75) is 45.6 Å². The zero-order valence-corrected chi connectivity index (χ0v) is 13.9. The Morgan fingerprint density at radius 2 is 1.95 bits per heavy atom. The van der Waals surface area contributed by atoms with E-state index in [1.165, 1.54) is 0 Å². The third-order valence-corrected chi connectivity index (χ3v) is 5.97. The fourth-order valence-corrected chi connectivity index (χ4v) is 4.49. The molecule has 3 heteroatoms. The molecule has 1 aromatic rings. The van der Waals surface area contributed by atoms with Gasteiger partial charge >= 0.3 is 0 Å². The molecule has 3 rings (SSSR count). The smallest absolute Gasteiger partial charge is 0.161 e. The van der Waals surface area contributed by atoms with Crippen LogP contribution in [0.15, 0.2) is 29.8 Å². The van der Waals surface area contributed by atoms with Gasteiger partial charge in [0, 0.05) is 16.4 Å². The van der Waals surface area contributed by atoms with Crippen LogP contribution in [0.1, 0.15) is 45.1 Å². The molecule has 1 aromatic carbocycles. The third-order valence-electron chi connectivity index (χ3n) is 5.72. The van der Waals surface area contributed by atoms with E-state index in [2.05, 4.69) is 6.92 Å². The second kappa shape index (κ2) is 5.82. The number of hydrogen-bond acceptors (Lipinski definition) is 2. The zero-order chi connectivity index (χ0) is 15.9. The Bertz CT molecular complexity index is 604. The fourth-order valence-electron chi connectivity index (χ4n) is 4.36. The van der Waals surface area contributed by atoms with Crippen molar-refractivity contribution < 1.29 is 9.90 Å². The predicted octanol–water partition coefficient (Wildman–Crippen LogP) is 4.50. The van der Waals surface area contributed by atoms with E-state index in [-0.39, 0.29) is 23.2 Å². The highest BCUT2D eigenvalue weighted by Gasteiger charge is 2.51. The van der Waals surface area contributed by atoms with Crippen molar-refractivity contribution in [1.29, 1.82) is 0 Å². The van der Waals surface area contributed by atoms with Gasteiger partial charge in [0.15, 0.2) is 5.78 Å². The average Bonchev–Trinajstić information content (AvgIpc) is 2.49. The molecule has 1 N–H and O–H groups in total. The normalized spacial score (nSPS) is 37.2. The predicted molar refractivity (Wildman–Crippen MR) is 89.7 cm³/mol. The van der Waals surface area contributed by atoms with Gasteiger partial charge in [0.05, 0.1) is 6.10 Å². The van der Waals surface area contributed by atoms with Gasteiger partial charge in [0.2, 0.25) is 0 Å². The molecule has 2 nitrogen and oxygen atoms in total. The van der Waals surface area contributed by atoms with E-state index in [0.717, 1.165) is 30.4 Å². The summed E-state index contributed by atoms with van der Waals surface area (Å²) < 4.78 is 0. The number of carbonyl (C=O) groups is 1. The van der Waals surface area contributed by atoms with Crippen molar-refractivity contribution in [1.82, 2.24) is 0 Å². The van der Waals surface area contributed by atoms with Gasteiger partial charge in [-0.2, -0.15) is 0 Å². The fraction of sp³-hybridized carbons (Fsp3) is 0.526. The van der Waals surface area contributed by atoms with Gasteiger partial charge in [-0.05, 0) is 54.5 Å². The highest BCUT2D eigenvalue weighted by molar-refractivity contribution is 6.30. The van der Waals surface area contributed by atoms with Gasteiger partial charge in [-0.25, -0.2) is 0 Å². The third kappa shape index (κ3) is 2.63. The first kappa shape index (κ1) is 15.8. The highest BCUT2D eigenvalue weighted by atomic mass is 35.5. The first-order valence-corrected chi connectivity index (χ1v) is 8.48. The average molecular weight is 319 g/mol. The van der Waals surface area contributed by atoms with Gasteiger partial charge in [-0.3, -0.25) is 4.79 Å². The lowest BCUT2D eigenvalue weighted by molar-refractivity contribution is -0.133. The van der Waals surface area contributed by atoms with Gasteiger partial charge in [0.1, 0.15) is 0 Å². The summed E-state index contributed by atoms with van der Waals surface area (Å²) in [6.45, 7) is 4.18. The molecule has 2 fully saturated rings. The number of fused-ring (bicyclic) bond motifs is 1. The summed E-state index contributed by atoms with van der Waals surface area (Å²) in [6.07, 6.45) is 5.25. The molecule has 2 aliphatic carbocycles. The summed E-state index contributed by atoms with van der Waals surface area (Å²) in [4.78, 5) is 12.7. The van der Waals surface area contributed by atoms with Crippen LogP contribution in [-0.2, 0) is 4.79 Å². The van der Waals surface area contributed by atoms with Crippen LogP contribution in [-0.4, -0.2) is 17.0 Å². The number of benzene rings is 1. The molecule has 0 bridgehead atoms. The molecule has 0 saturated heterocycles. The molecular formula is C19H23ClO2. The molecule has 2 aliphatic rings. The van der Waals surface area contributed by atoms with Crippen molar-refractivity contribution >= 4 is 23.5 Å². The number of rotatable bonds is 1. The minimum atomic E-state index is -0.310. The number of carbonyl (C=O) groups excluding carboxylic acids is 1. The van der Waals surface area contributed by atoms with Crippen LogP contribution in [0, 0.1) is 17.3 Å². The topological polar surface area (TPSA) is 37.3 Å². The van der Waals surface area contributed by atoms with E-state index in [4.69, 9.17) is 11.6 Å². The quantitative estimate of drug-likeness (QED) is 0.774. The summed E-state index contributed by atoms with van der Waals surface area (Å²) in [5.41, 5.74) is 1.66. The number of aliphatic hydroxyl groups is 1. The van der Waals surface area contributed by atoms with Crippen LogP contribution in [0.3, 0.4) is 0 Å². The molecular weight excluding hydrogens is 296 g/mol. The Labute approximate surface area is 137 Å². The first-order valence-electron chi connectivity index (χ1n) is 8.10. The lowest BCUT2D eigenvalue weighted by Crippen LogP contribution is -2.51. The second-order valence-electron chi connectivity index (χ2n) is 7.11. The Kier molecular flexibility index (Phi) is 4.17. The summed E-state index contributed by atoms with van der Waals surface area (Å²) in [5, 5.41) is 11.2. The largest absolute Gasteiger partial charge is 0.393 e. The summed E-state index contributed by atoms with van der Waals surface area (Å²) in [5.74, 6) is 0.532. The van der Waals surface area contributed by atoms with Gasteiger partial charge in [0.25, 0.3) is 0 Å². The molecule has 2 unspecified atom stereocenters. The van der Waals surface area contributed by atoms with Crippen molar-refractivity contribution in [2.24, 2.45) is 17.3 Å². The maximum absolute atomic E-state index is 12.7. The van der Waals surface area contributed by atoms with Crippen molar-refractivity contribution in [3.8, 4) is 0 Å². The number of allylic oxidation sites excluding steroid dienone is 1. The van der Waals surface area contributed by atoms with E-state index >= 15 is 0 Å². The van der Waals surface area contributed by atoms with E-state index in [9.17, 15) is 9.90 Å². The minimum Gasteiger partial charge on any atom is -0.393 e. The minimum absolute atomic E-state index is 0.00718. The van der Waals surface area contributed by atoms with Crippen LogP contribution in [0.2, 0.25) is 5.02 Å². The Balaban J connectivity index is 1.95. The molecule has 0 spiro atoms. The molecule has 118 valence electrons. The Hall–Kier alpha value is -1.12. The maximum atomic E-state index is 12.7. The second-order valence-corrected chi connectivity index (χ2v) is 7.55. The lowest BCUT2D eigenvalue weighted by atomic mass is 9.54. The zero-order valence-electron chi connectivity index (χ0n) is 13.2. The number of hydrogen-bond donors (Lipinski definition) is 1.